The number of hydrogen-bond donors (Lipinski definition) is 4. The lowest BCUT2D eigenvalue weighted by atomic mass is 9.94. The Balaban J connectivity index is 2.12. The maximum atomic E-state index is 11.8. The molecule has 0 unspecified atom stereocenters. The Hall–Kier alpha value is -2.39. The van der Waals surface area contributed by atoms with Crippen molar-refractivity contribution in [1.82, 2.24) is 19.4 Å². The molecule has 1 aliphatic rings. The van der Waals surface area contributed by atoms with E-state index in [1.54, 1.807) is 4.57 Å². The maximum absolute atomic E-state index is 11.8. The lowest BCUT2D eigenvalue weighted by Gasteiger charge is -2.19. The van der Waals surface area contributed by atoms with E-state index in [1.807, 2.05) is 6.92 Å². The largest absolute Gasteiger partial charge is 0.391 e. The second kappa shape index (κ2) is 5.67. The smallest absolute Gasteiger partial charge is 0.293 e. The molecular formula is C13H17N6O4+. The normalized spacial score (nSPS) is 30.5. The van der Waals surface area contributed by atoms with Crippen LogP contribution in [0, 0.1) is 11.4 Å². The molecule has 122 valence electrons. The Bertz CT molecular complexity index is 825. The molecule has 1 saturated heterocycles. The van der Waals surface area contributed by atoms with Crippen LogP contribution in [0.15, 0.2) is 28.5 Å². The van der Waals surface area contributed by atoms with Crippen LogP contribution in [-0.4, -0.2) is 43.2 Å². The molecule has 0 spiro atoms. The van der Waals surface area contributed by atoms with E-state index < -0.39 is 30.6 Å². The van der Waals surface area contributed by atoms with Gasteiger partial charge in [-0.2, -0.15) is 0 Å². The summed E-state index contributed by atoms with van der Waals surface area (Å²) in [6, 6.07) is 1.37. The minimum Gasteiger partial charge on any atom is -0.391 e. The average molecular weight is 321 g/mol. The average Bonchev–Trinajstić information content (AvgIpc) is 3.09. The molecule has 10 heteroatoms. The first-order valence-corrected chi connectivity index (χ1v) is 7.17. The summed E-state index contributed by atoms with van der Waals surface area (Å²) in [6.07, 6.45) is 1.60. The van der Waals surface area contributed by atoms with Crippen LogP contribution in [0.4, 0.5) is 0 Å². The van der Waals surface area contributed by atoms with Crippen molar-refractivity contribution >= 4 is 11.2 Å². The first-order valence-electron chi connectivity index (χ1n) is 7.17. The number of aliphatic hydroxyl groups excluding tert-OH is 2. The van der Waals surface area contributed by atoms with Crippen molar-refractivity contribution in [3.63, 3.8) is 0 Å². The van der Waals surface area contributed by atoms with Crippen LogP contribution in [0.2, 0.25) is 0 Å². The van der Waals surface area contributed by atoms with Gasteiger partial charge in [0.1, 0.15) is 30.1 Å². The highest BCUT2D eigenvalue weighted by Gasteiger charge is 2.58. The minimum absolute atomic E-state index is 0.233. The van der Waals surface area contributed by atoms with E-state index in [0.29, 0.717) is 12.1 Å². The zero-order chi connectivity index (χ0) is 16.6. The SMILES string of the molecule is CC[C@@H]1[C@H](n2cnc3c(=O)cc[nH]c32)O[C@@](CO)(N=[N+]=N)[C@H]1O. The number of H-pyrrole nitrogens is 1. The van der Waals surface area contributed by atoms with Gasteiger partial charge in [0.2, 0.25) is 10.3 Å². The highest BCUT2D eigenvalue weighted by atomic mass is 16.6. The van der Waals surface area contributed by atoms with E-state index in [1.165, 1.54) is 18.6 Å². The van der Waals surface area contributed by atoms with E-state index in [0.717, 1.165) is 0 Å². The van der Waals surface area contributed by atoms with Crippen molar-refractivity contribution in [1.29, 1.82) is 5.53 Å². The molecule has 4 N–H and O–H groups in total. The summed E-state index contributed by atoms with van der Waals surface area (Å²) in [5.74, 6) is -0.422. The summed E-state index contributed by atoms with van der Waals surface area (Å²) in [5.41, 5.74) is 5.67. The molecule has 0 radical (unpaired) electrons. The summed E-state index contributed by atoms with van der Waals surface area (Å²) in [7, 11) is 0. The van der Waals surface area contributed by atoms with Crippen LogP contribution in [0.1, 0.15) is 19.6 Å². The Morgan fingerprint density at radius 1 is 1.65 bits per heavy atom. The summed E-state index contributed by atoms with van der Waals surface area (Å²) in [6.45, 7) is 1.24. The van der Waals surface area contributed by atoms with Gasteiger partial charge in [-0.1, -0.05) is 6.92 Å². The zero-order valence-electron chi connectivity index (χ0n) is 12.4. The number of aliphatic hydroxyl groups is 2. The van der Waals surface area contributed by atoms with Crippen LogP contribution in [0.3, 0.4) is 0 Å². The fourth-order valence-corrected chi connectivity index (χ4v) is 3.03. The van der Waals surface area contributed by atoms with E-state index in [2.05, 4.69) is 20.0 Å². The van der Waals surface area contributed by atoms with Gasteiger partial charge in [0.05, 0.1) is 6.33 Å². The molecule has 0 aliphatic carbocycles. The van der Waals surface area contributed by atoms with Gasteiger partial charge in [-0.25, -0.2) is 4.98 Å². The Labute approximate surface area is 130 Å². The third-order valence-corrected chi connectivity index (χ3v) is 4.23. The van der Waals surface area contributed by atoms with E-state index in [4.69, 9.17) is 10.3 Å². The number of rotatable bonds is 4. The van der Waals surface area contributed by atoms with Gasteiger partial charge in [0.25, 0.3) is 5.72 Å². The molecule has 23 heavy (non-hydrogen) atoms. The first-order chi connectivity index (χ1) is 11.1. The number of imidazole rings is 1. The second-order valence-electron chi connectivity index (χ2n) is 5.42. The van der Waals surface area contributed by atoms with Gasteiger partial charge in [-0.15, -0.1) is 0 Å². The van der Waals surface area contributed by atoms with Crippen LogP contribution >= 0.6 is 0 Å². The molecule has 4 atom stereocenters. The number of aromatic amines is 1. The van der Waals surface area contributed by atoms with Gasteiger partial charge < -0.3 is 19.9 Å². The number of fused-ring (bicyclic) bond motifs is 1. The number of ether oxygens (including phenoxy) is 1. The molecule has 1 aliphatic heterocycles. The van der Waals surface area contributed by atoms with Crippen molar-refractivity contribution in [2.75, 3.05) is 6.61 Å². The number of hydrogen-bond acceptors (Lipinski definition) is 7. The Kier molecular flexibility index (Phi) is 3.82. The van der Waals surface area contributed by atoms with Gasteiger partial charge in [-0.05, 0) is 6.42 Å². The standard InChI is InChI=1S/C13H16N6O4/c1-2-7-10(22)13(5-20,17-18-14)23-12(7)19-6-16-9-8(21)3-4-15-11(9)19/h3-4,6-7,10,12,14,20,22H,2,5H2,1H3/p+1/t7-,10-,12+,13+/m0/s1. The third kappa shape index (κ3) is 2.20. The topological polar surface area (TPSA) is 151 Å². The molecular weight excluding hydrogens is 304 g/mol. The molecule has 0 aromatic carbocycles. The molecule has 10 nitrogen and oxygen atoms in total. The number of nitrogens with zero attached hydrogens (tertiary/aromatic N) is 4. The summed E-state index contributed by atoms with van der Waals surface area (Å²) in [4.78, 5) is 21.8. The first kappa shape index (κ1) is 15.5. The quantitative estimate of drug-likeness (QED) is 0.457. The fraction of sp³-hybridized carbons (Fsp3) is 0.538. The molecule has 3 heterocycles. The van der Waals surface area contributed by atoms with Gasteiger partial charge in [0.15, 0.2) is 10.6 Å². The van der Waals surface area contributed by atoms with Crippen LogP contribution in [0.5, 0.6) is 0 Å². The maximum Gasteiger partial charge on any atom is 0.293 e. The van der Waals surface area contributed by atoms with E-state index in [-0.39, 0.29) is 10.9 Å². The van der Waals surface area contributed by atoms with Crippen molar-refractivity contribution in [2.45, 2.75) is 31.4 Å². The molecule has 0 bridgehead atoms. The molecule has 0 amide bonds. The van der Waals surface area contributed by atoms with Gasteiger partial charge >= 0.3 is 0 Å². The van der Waals surface area contributed by atoms with Gasteiger partial charge in [0, 0.05) is 18.2 Å². The molecule has 2 aromatic heterocycles. The van der Waals surface area contributed by atoms with Crippen molar-refractivity contribution < 1.29 is 14.9 Å². The Morgan fingerprint density at radius 2 is 2.43 bits per heavy atom. The highest BCUT2D eigenvalue weighted by Crippen LogP contribution is 2.44. The molecule has 0 saturated carbocycles. The van der Waals surface area contributed by atoms with E-state index in [9.17, 15) is 15.0 Å². The molecule has 1 fully saturated rings. The van der Waals surface area contributed by atoms with Crippen molar-refractivity contribution in [3.05, 3.63) is 28.8 Å². The predicted molar refractivity (Wildman–Crippen MR) is 77.4 cm³/mol. The van der Waals surface area contributed by atoms with Crippen LogP contribution < -0.4 is 10.3 Å². The molecule has 3 rings (SSSR count). The monoisotopic (exact) mass is 321 g/mol. The lowest BCUT2D eigenvalue weighted by Crippen LogP contribution is -2.43. The predicted octanol–water partition coefficient (Wildman–Crippen LogP) is -0.121. The third-order valence-electron chi connectivity index (χ3n) is 4.23. The van der Waals surface area contributed by atoms with Crippen LogP contribution in [0.25, 0.3) is 11.2 Å². The summed E-state index contributed by atoms with van der Waals surface area (Å²) in [5, 5.41) is 23.7. The van der Waals surface area contributed by atoms with Crippen LogP contribution in [-0.2, 0) is 4.74 Å². The van der Waals surface area contributed by atoms with Crippen molar-refractivity contribution in [3.8, 4) is 0 Å². The van der Waals surface area contributed by atoms with Gasteiger partial charge in [-0.3, -0.25) is 9.36 Å². The number of pyridine rings is 1. The fourth-order valence-electron chi connectivity index (χ4n) is 3.03. The minimum atomic E-state index is -1.70. The van der Waals surface area contributed by atoms with Crippen molar-refractivity contribution in [2.24, 2.45) is 11.0 Å². The lowest BCUT2D eigenvalue weighted by molar-refractivity contribution is -0.126. The number of aromatic nitrogens is 3. The van der Waals surface area contributed by atoms with E-state index >= 15 is 0 Å². The second-order valence-corrected chi connectivity index (χ2v) is 5.42. The number of nitrogens with one attached hydrogen (secondary N) is 2. The highest BCUT2D eigenvalue weighted by molar-refractivity contribution is 5.70. The molecule has 2 aromatic rings. The Morgan fingerprint density at radius 3 is 3.09 bits per heavy atom. The summed E-state index contributed by atoms with van der Waals surface area (Å²) < 4.78 is 7.36. The zero-order valence-corrected chi connectivity index (χ0v) is 12.4. The summed E-state index contributed by atoms with van der Waals surface area (Å²) >= 11 is 0.